The molecular formula is C12H22O. The predicted molar refractivity (Wildman–Crippen MR) is 55.6 cm³/mol. The van der Waals surface area contributed by atoms with E-state index >= 15 is 0 Å². The minimum Gasteiger partial charge on any atom is -0.299 e. The molecule has 1 nitrogen and oxygen atoms in total. The van der Waals surface area contributed by atoms with Gasteiger partial charge in [-0.1, -0.05) is 34.6 Å². The maximum atomic E-state index is 11.5. The fourth-order valence-corrected chi connectivity index (χ4v) is 3.29. The Kier molecular flexibility index (Phi) is 2.57. The minimum atomic E-state index is 0.296. The number of hydrogen-bond acceptors (Lipinski definition) is 1. The van der Waals surface area contributed by atoms with Crippen LogP contribution in [0.15, 0.2) is 0 Å². The molecule has 2 bridgehead atoms. The Morgan fingerprint density at radius 1 is 1.23 bits per heavy atom. The van der Waals surface area contributed by atoms with Gasteiger partial charge in [0.2, 0.25) is 0 Å². The number of carbonyl (C=O) groups excluding carboxylic acids is 1. The average Bonchev–Trinajstić information content (AvgIpc) is 2.40. The van der Waals surface area contributed by atoms with E-state index in [0.717, 1.165) is 12.8 Å². The highest BCUT2D eigenvalue weighted by Gasteiger charge is 2.56. The summed E-state index contributed by atoms with van der Waals surface area (Å²) in [7, 11) is 0. The van der Waals surface area contributed by atoms with Crippen molar-refractivity contribution in [1.82, 2.24) is 0 Å². The lowest BCUT2D eigenvalue weighted by molar-refractivity contribution is -0.125. The summed E-state index contributed by atoms with van der Waals surface area (Å²) in [5.41, 5.74) is 0.662. The first-order valence-corrected chi connectivity index (χ1v) is 5.46. The van der Waals surface area contributed by atoms with E-state index in [0.29, 0.717) is 22.5 Å². The van der Waals surface area contributed by atoms with E-state index in [1.807, 2.05) is 13.8 Å². The summed E-state index contributed by atoms with van der Waals surface area (Å²) in [6.07, 6.45) is 3.25. The van der Waals surface area contributed by atoms with Crippen molar-refractivity contribution >= 4 is 5.78 Å². The molecule has 0 aromatic heterocycles. The monoisotopic (exact) mass is 182 g/mol. The summed E-state index contributed by atoms with van der Waals surface area (Å²) in [4.78, 5) is 11.5. The van der Waals surface area contributed by atoms with E-state index in [1.54, 1.807) is 0 Å². The van der Waals surface area contributed by atoms with E-state index in [-0.39, 0.29) is 0 Å². The van der Waals surface area contributed by atoms with Crippen LogP contribution in [0, 0.1) is 16.7 Å². The van der Waals surface area contributed by atoms with E-state index in [1.165, 1.54) is 6.42 Å². The Hall–Kier alpha value is -0.330. The zero-order valence-corrected chi connectivity index (χ0v) is 9.61. The quantitative estimate of drug-likeness (QED) is 0.561. The molecule has 76 valence electrons. The van der Waals surface area contributed by atoms with E-state index in [9.17, 15) is 4.79 Å². The van der Waals surface area contributed by atoms with Gasteiger partial charge in [0.05, 0.1) is 0 Å². The first-order chi connectivity index (χ1) is 5.93. The van der Waals surface area contributed by atoms with Crippen LogP contribution in [0.3, 0.4) is 0 Å². The molecule has 2 aliphatic rings. The van der Waals surface area contributed by atoms with Crippen molar-refractivity contribution in [2.24, 2.45) is 16.7 Å². The van der Waals surface area contributed by atoms with Gasteiger partial charge in [-0.2, -0.15) is 0 Å². The number of Topliss-reactive ketones (excluding diaryl/α,β-unsaturated/α-hetero) is 1. The predicted octanol–water partition coefficient (Wildman–Crippen LogP) is 3.43. The van der Waals surface area contributed by atoms with Gasteiger partial charge < -0.3 is 0 Å². The maximum absolute atomic E-state index is 11.5. The van der Waals surface area contributed by atoms with Gasteiger partial charge in [0.1, 0.15) is 5.78 Å². The van der Waals surface area contributed by atoms with Crippen LogP contribution in [0.2, 0.25) is 0 Å². The molecular weight excluding hydrogens is 160 g/mol. The van der Waals surface area contributed by atoms with Crippen molar-refractivity contribution in [1.29, 1.82) is 0 Å². The minimum absolute atomic E-state index is 0.296. The summed E-state index contributed by atoms with van der Waals surface area (Å²) in [6.45, 7) is 10.7. The molecule has 0 amide bonds. The highest BCUT2D eigenvalue weighted by Crippen LogP contribution is 2.60. The van der Waals surface area contributed by atoms with Gasteiger partial charge in [0.15, 0.2) is 0 Å². The third-order valence-corrected chi connectivity index (χ3v) is 3.51. The fraction of sp³-hybridized carbons (Fsp3) is 0.917. The number of fused-ring (bicyclic) bond motifs is 2. The summed E-state index contributed by atoms with van der Waals surface area (Å²) >= 11 is 0. The van der Waals surface area contributed by atoms with Gasteiger partial charge in [-0.15, -0.1) is 0 Å². The van der Waals surface area contributed by atoms with Crippen LogP contribution in [0.25, 0.3) is 0 Å². The number of carbonyl (C=O) groups is 1. The summed E-state index contributed by atoms with van der Waals surface area (Å²) in [5, 5.41) is 0. The zero-order chi connectivity index (χ0) is 10.3. The number of rotatable bonds is 0. The molecule has 0 N–H and O–H groups in total. The number of ketones is 1. The Morgan fingerprint density at radius 3 is 2.00 bits per heavy atom. The molecule has 0 aliphatic heterocycles. The van der Waals surface area contributed by atoms with Gasteiger partial charge >= 0.3 is 0 Å². The first-order valence-electron chi connectivity index (χ1n) is 5.46. The second-order valence-corrected chi connectivity index (χ2v) is 5.38. The molecule has 2 fully saturated rings. The van der Waals surface area contributed by atoms with Gasteiger partial charge in [-0.3, -0.25) is 4.79 Å². The van der Waals surface area contributed by atoms with Crippen molar-refractivity contribution < 1.29 is 4.79 Å². The summed E-state index contributed by atoms with van der Waals surface area (Å²) < 4.78 is 0. The standard InChI is InChI=1S/C10H16O.C2H6/c1-9(2)6-10(3)4-7(9)8(11)5-10;1-2/h7H,4-6H2,1-3H3;1-2H3. The Morgan fingerprint density at radius 2 is 1.77 bits per heavy atom. The van der Waals surface area contributed by atoms with Crippen LogP contribution < -0.4 is 0 Å². The molecule has 0 heterocycles. The lowest BCUT2D eigenvalue weighted by Gasteiger charge is -2.31. The lowest BCUT2D eigenvalue weighted by atomic mass is 9.72. The second kappa shape index (κ2) is 3.11. The average molecular weight is 182 g/mol. The van der Waals surface area contributed by atoms with Gasteiger partial charge in [0.25, 0.3) is 0 Å². The highest BCUT2D eigenvalue weighted by atomic mass is 16.1. The first kappa shape index (κ1) is 10.7. The maximum Gasteiger partial charge on any atom is 0.137 e. The molecule has 1 heteroatoms. The molecule has 0 aromatic rings. The molecule has 2 rings (SSSR count). The van der Waals surface area contributed by atoms with E-state index in [4.69, 9.17) is 0 Å². The van der Waals surface area contributed by atoms with Crippen LogP contribution in [-0.4, -0.2) is 5.78 Å². The largest absolute Gasteiger partial charge is 0.299 e. The van der Waals surface area contributed by atoms with Crippen LogP contribution in [-0.2, 0) is 4.79 Å². The van der Waals surface area contributed by atoms with E-state index in [2.05, 4.69) is 20.8 Å². The summed E-state index contributed by atoms with van der Waals surface area (Å²) in [5.74, 6) is 0.899. The van der Waals surface area contributed by atoms with Crippen molar-refractivity contribution in [3.8, 4) is 0 Å². The zero-order valence-electron chi connectivity index (χ0n) is 9.61. The van der Waals surface area contributed by atoms with Crippen LogP contribution in [0.5, 0.6) is 0 Å². The topological polar surface area (TPSA) is 17.1 Å². The Bertz CT molecular complexity index is 214. The normalized spacial score (nSPS) is 40.1. The molecule has 2 saturated carbocycles. The Labute approximate surface area is 81.9 Å². The third kappa shape index (κ3) is 1.66. The molecule has 13 heavy (non-hydrogen) atoms. The highest BCUT2D eigenvalue weighted by molar-refractivity contribution is 5.86. The van der Waals surface area contributed by atoms with Gasteiger partial charge in [-0.25, -0.2) is 0 Å². The molecule has 2 atom stereocenters. The summed E-state index contributed by atoms with van der Waals surface area (Å²) in [6, 6.07) is 0. The van der Waals surface area contributed by atoms with Crippen LogP contribution in [0.4, 0.5) is 0 Å². The second-order valence-electron chi connectivity index (χ2n) is 5.38. The molecule has 0 saturated heterocycles. The van der Waals surface area contributed by atoms with Gasteiger partial charge in [-0.05, 0) is 23.7 Å². The van der Waals surface area contributed by atoms with Crippen molar-refractivity contribution in [2.45, 2.75) is 53.9 Å². The van der Waals surface area contributed by atoms with Crippen LogP contribution >= 0.6 is 0 Å². The SMILES string of the molecule is CC.CC12CC(=O)C(C1)C(C)(C)C2. The number of hydrogen-bond donors (Lipinski definition) is 0. The Balaban J connectivity index is 0.000000396. The van der Waals surface area contributed by atoms with Crippen molar-refractivity contribution in [3.05, 3.63) is 0 Å². The lowest BCUT2D eigenvalue weighted by Crippen LogP contribution is -2.29. The van der Waals surface area contributed by atoms with Crippen LogP contribution in [0.1, 0.15) is 53.9 Å². The molecule has 0 radical (unpaired) electrons. The molecule has 2 unspecified atom stereocenters. The van der Waals surface area contributed by atoms with Crippen molar-refractivity contribution in [3.63, 3.8) is 0 Å². The smallest absolute Gasteiger partial charge is 0.137 e. The fourth-order valence-electron chi connectivity index (χ4n) is 3.29. The van der Waals surface area contributed by atoms with E-state index < -0.39 is 0 Å². The van der Waals surface area contributed by atoms with Crippen molar-refractivity contribution in [2.75, 3.05) is 0 Å². The molecule has 0 aromatic carbocycles. The molecule has 2 aliphatic carbocycles. The van der Waals surface area contributed by atoms with Gasteiger partial charge in [0, 0.05) is 12.3 Å². The third-order valence-electron chi connectivity index (χ3n) is 3.51. The molecule has 0 spiro atoms.